The van der Waals surface area contributed by atoms with E-state index in [1.165, 1.54) is 0 Å². The maximum atomic E-state index is 10.6. The Morgan fingerprint density at radius 1 is 1.39 bits per heavy atom. The molecule has 0 saturated heterocycles. The van der Waals surface area contributed by atoms with Crippen molar-refractivity contribution in [1.82, 2.24) is 0 Å². The van der Waals surface area contributed by atoms with Gasteiger partial charge in [0.15, 0.2) is 0 Å². The summed E-state index contributed by atoms with van der Waals surface area (Å²) >= 11 is 6.36. The third-order valence-electron chi connectivity index (χ3n) is 3.24. The number of aryl methyl sites for hydroxylation is 1. The Bertz CT molecular complexity index is 532. The number of ether oxygens (including phenoxy) is 2. The van der Waals surface area contributed by atoms with E-state index < -0.39 is 5.54 Å². The monoisotopic (exact) mass is 267 g/mol. The summed E-state index contributed by atoms with van der Waals surface area (Å²) in [5.74, 6) is 1.23. The van der Waals surface area contributed by atoms with Crippen LogP contribution in [-0.4, -0.2) is 20.3 Å². The summed E-state index contributed by atoms with van der Waals surface area (Å²) in [6.07, 6.45) is 3.16. The van der Waals surface area contributed by atoms with Crippen molar-refractivity contribution >= 4 is 17.7 Å². The molecule has 0 amide bonds. The molecule has 0 atom stereocenters. The summed E-state index contributed by atoms with van der Waals surface area (Å²) in [6, 6.07) is 1.85. The van der Waals surface area contributed by atoms with Gasteiger partial charge in [0.05, 0.1) is 19.2 Å². The normalized spacial score (nSPS) is 15.8. The molecule has 18 heavy (non-hydrogen) atoms. The number of hydrogen-bond acceptors (Lipinski definition) is 4. The molecule has 0 unspecified atom stereocenters. The third-order valence-corrected chi connectivity index (χ3v) is 3.60. The maximum absolute atomic E-state index is 10.6. The lowest BCUT2D eigenvalue weighted by atomic mass is 10.0. The molecule has 1 aromatic carbocycles. The number of nitrogens with zero attached hydrogens (tertiary/aromatic N) is 1. The van der Waals surface area contributed by atoms with E-state index >= 15 is 0 Å². The van der Waals surface area contributed by atoms with Crippen LogP contribution in [0.1, 0.15) is 24.0 Å². The van der Waals surface area contributed by atoms with Crippen molar-refractivity contribution in [3.8, 4) is 11.5 Å². The summed E-state index contributed by atoms with van der Waals surface area (Å²) in [4.78, 5) is 14.4. The predicted octanol–water partition coefficient (Wildman–Crippen LogP) is 2.99. The summed E-state index contributed by atoms with van der Waals surface area (Å²) in [5.41, 5.74) is 1.02. The van der Waals surface area contributed by atoms with Gasteiger partial charge in [-0.1, -0.05) is 11.6 Å². The highest BCUT2D eigenvalue weighted by Gasteiger charge is 2.49. The van der Waals surface area contributed by atoms with Gasteiger partial charge in [-0.25, -0.2) is 4.79 Å². The van der Waals surface area contributed by atoms with Crippen molar-refractivity contribution in [2.45, 2.75) is 25.3 Å². The molecule has 96 valence electrons. The standard InChI is InChI=1S/C13H14ClNO3/c1-8-6-9(17-2)10(11(14)12(8)18-3)13(4-5-13)15-7-16/h6H,4-5H2,1-3H3. The zero-order chi connectivity index (χ0) is 13.3. The van der Waals surface area contributed by atoms with E-state index in [1.807, 2.05) is 13.0 Å². The zero-order valence-corrected chi connectivity index (χ0v) is 11.3. The van der Waals surface area contributed by atoms with Crippen molar-refractivity contribution in [1.29, 1.82) is 0 Å². The van der Waals surface area contributed by atoms with Gasteiger partial charge in [-0.05, 0) is 31.4 Å². The molecular weight excluding hydrogens is 254 g/mol. The molecule has 0 N–H and O–H groups in total. The molecule has 0 aliphatic heterocycles. The number of carbonyl (C=O) groups excluding carboxylic acids is 1. The molecule has 4 nitrogen and oxygen atoms in total. The van der Waals surface area contributed by atoms with Crippen molar-refractivity contribution in [2.75, 3.05) is 14.2 Å². The molecule has 0 spiro atoms. The fraction of sp³-hybridized carbons (Fsp3) is 0.462. The Balaban J connectivity index is 2.69. The van der Waals surface area contributed by atoms with E-state index in [-0.39, 0.29) is 0 Å². The topological polar surface area (TPSA) is 47.9 Å². The first-order chi connectivity index (χ1) is 8.59. The van der Waals surface area contributed by atoms with Crippen LogP contribution in [0.4, 0.5) is 0 Å². The van der Waals surface area contributed by atoms with Crippen LogP contribution in [-0.2, 0) is 10.3 Å². The van der Waals surface area contributed by atoms with Crippen molar-refractivity contribution in [3.63, 3.8) is 0 Å². The Morgan fingerprint density at radius 3 is 2.50 bits per heavy atom. The number of aliphatic imine (C=N–C) groups is 1. The van der Waals surface area contributed by atoms with Crippen LogP contribution < -0.4 is 9.47 Å². The lowest BCUT2D eigenvalue weighted by Crippen LogP contribution is -2.08. The largest absolute Gasteiger partial charge is 0.496 e. The lowest BCUT2D eigenvalue weighted by molar-refractivity contribution is 0.392. The van der Waals surface area contributed by atoms with E-state index in [0.29, 0.717) is 16.5 Å². The number of hydrogen-bond donors (Lipinski definition) is 0. The average Bonchev–Trinajstić information content (AvgIpc) is 3.09. The SMILES string of the molecule is COc1cc(C)c(OC)c(Cl)c1C1(N=C=O)CC1. The van der Waals surface area contributed by atoms with Gasteiger partial charge in [0.25, 0.3) is 0 Å². The average molecular weight is 268 g/mol. The summed E-state index contributed by atoms with van der Waals surface area (Å²) in [5, 5.41) is 0.464. The Hall–Kier alpha value is -1.51. The second-order valence-corrected chi connectivity index (χ2v) is 4.73. The highest BCUT2D eigenvalue weighted by Crippen LogP contribution is 2.56. The lowest BCUT2D eigenvalue weighted by Gasteiger charge is -2.19. The molecular formula is C13H14ClNO3. The fourth-order valence-corrected chi connectivity index (χ4v) is 2.69. The molecule has 5 heteroatoms. The van der Waals surface area contributed by atoms with Gasteiger partial charge in [0.2, 0.25) is 6.08 Å². The molecule has 0 aromatic heterocycles. The Kier molecular flexibility index (Phi) is 3.33. The van der Waals surface area contributed by atoms with Gasteiger partial charge >= 0.3 is 0 Å². The van der Waals surface area contributed by atoms with Crippen molar-refractivity contribution < 1.29 is 14.3 Å². The smallest absolute Gasteiger partial charge is 0.235 e. The fourth-order valence-electron chi connectivity index (χ4n) is 2.20. The first-order valence-corrected chi connectivity index (χ1v) is 5.98. The van der Waals surface area contributed by atoms with Gasteiger partial charge in [0, 0.05) is 5.56 Å². The third kappa shape index (κ3) is 1.88. The number of halogens is 1. The maximum Gasteiger partial charge on any atom is 0.235 e. The minimum absolute atomic E-state index is 0.464. The predicted molar refractivity (Wildman–Crippen MR) is 68.3 cm³/mol. The van der Waals surface area contributed by atoms with E-state index in [9.17, 15) is 4.79 Å². The van der Waals surface area contributed by atoms with E-state index in [4.69, 9.17) is 21.1 Å². The van der Waals surface area contributed by atoms with Crippen LogP contribution >= 0.6 is 11.6 Å². The number of isocyanates is 1. The quantitative estimate of drug-likeness (QED) is 0.622. The van der Waals surface area contributed by atoms with E-state index in [1.54, 1.807) is 20.3 Å². The van der Waals surface area contributed by atoms with Crippen LogP contribution in [0.15, 0.2) is 11.1 Å². The minimum atomic E-state index is -0.578. The van der Waals surface area contributed by atoms with Crippen LogP contribution in [0.2, 0.25) is 5.02 Å². The molecule has 1 aromatic rings. The molecule has 1 aliphatic rings. The second-order valence-electron chi connectivity index (χ2n) is 4.35. The van der Waals surface area contributed by atoms with Gasteiger partial charge in [0.1, 0.15) is 17.0 Å². The Labute approximate surface area is 111 Å². The van der Waals surface area contributed by atoms with Gasteiger partial charge < -0.3 is 9.47 Å². The summed E-state index contributed by atoms with van der Waals surface area (Å²) < 4.78 is 10.6. The van der Waals surface area contributed by atoms with Gasteiger partial charge in [-0.3, -0.25) is 0 Å². The molecule has 2 rings (SSSR count). The van der Waals surface area contributed by atoms with Crippen LogP contribution in [0.25, 0.3) is 0 Å². The Morgan fingerprint density at radius 2 is 2.06 bits per heavy atom. The second kappa shape index (κ2) is 4.63. The van der Waals surface area contributed by atoms with Crippen LogP contribution in [0.5, 0.6) is 11.5 Å². The highest BCUT2D eigenvalue weighted by molar-refractivity contribution is 6.33. The van der Waals surface area contributed by atoms with Gasteiger partial charge in [-0.15, -0.1) is 0 Å². The number of benzene rings is 1. The molecule has 0 heterocycles. The molecule has 1 aliphatic carbocycles. The first kappa shape index (κ1) is 12.9. The van der Waals surface area contributed by atoms with E-state index in [2.05, 4.69) is 4.99 Å². The summed E-state index contributed by atoms with van der Waals surface area (Å²) in [6.45, 7) is 1.89. The van der Waals surface area contributed by atoms with Crippen molar-refractivity contribution in [3.05, 3.63) is 22.2 Å². The molecule has 1 fully saturated rings. The molecule has 1 saturated carbocycles. The van der Waals surface area contributed by atoms with Gasteiger partial charge in [-0.2, -0.15) is 4.99 Å². The first-order valence-electron chi connectivity index (χ1n) is 5.60. The molecule has 0 bridgehead atoms. The van der Waals surface area contributed by atoms with E-state index in [0.717, 1.165) is 24.0 Å². The summed E-state index contributed by atoms with van der Waals surface area (Å²) in [7, 11) is 3.13. The zero-order valence-electron chi connectivity index (χ0n) is 10.5. The van der Waals surface area contributed by atoms with Crippen LogP contribution in [0.3, 0.4) is 0 Å². The molecule has 0 radical (unpaired) electrons. The van der Waals surface area contributed by atoms with Crippen molar-refractivity contribution in [2.24, 2.45) is 4.99 Å². The minimum Gasteiger partial charge on any atom is -0.496 e. The van der Waals surface area contributed by atoms with Crippen LogP contribution in [0, 0.1) is 6.92 Å². The number of methoxy groups -OCH3 is 2. The number of rotatable bonds is 4. The highest BCUT2D eigenvalue weighted by atomic mass is 35.5.